The molecule has 2 heterocycles. The molecule has 0 spiro atoms. The van der Waals surface area contributed by atoms with E-state index in [1.54, 1.807) is 18.5 Å². The zero-order valence-corrected chi connectivity index (χ0v) is 9.81. The van der Waals surface area contributed by atoms with Crippen molar-refractivity contribution < 1.29 is 0 Å². The number of anilines is 1. The van der Waals surface area contributed by atoms with Gasteiger partial charge in [-0.15, -0.1) is 0 Å². The van der Waals surface area contributed by atoms with Crippen LogP contribution in [0.2, 0.25) is 0 Å². The number of pyridine rings is 1. The Bertz CT molecular complexity index is 565. The van der Waals surface area contributed by atoms with Crippen molar-refractivity contribution in [3.8, 4) is 6.07 Å². The molecule has 0 amide bonds. The first-order valence-electron chi connectivity index (χ1n) is 5.28. The smallest absolute Gasteiger partial charge is 0.101 e. The minimum Gasteiger partial charge on any atom is -0.379 e. The molecule has 2 aromatic rings. The summed E-state index contributed by atoms with van der Waals surface area (Å²) in [6.07, 6.45) is 5.09. The summed E-state index contributed by atoms with van der Waals surface area (Å²) in [4.78, 5) is 4.00. The third kappa shape index (κ3) is 2.26. The van der Waals surface area contributed by atoms with Gasteiger partial charge in [-0.3, -0.25) is 9.67 Å². The van der Waals surface area contributed by atoms with Gasteiger partial charge in [0.25, 0.3) is 0 Å². The van der Waals surface area contributed by atoms with E-state index >= 15 is 0 Å². The molecular formula is C12H13N5. The highest BCUT2D eigenvalue weighted by Crippen LogP contribution is 2.14. The number of nitriles is 1. The van der Waals surface area contributed by atoms with Crippen LogP contribution in [-0.4, -0.2) is 14.8 Å². The van der Waals surface area contributed by atoms with E-state index in [9.17, 15) is 0 Å². The number of hydrogen-bond acceptors (Lipinski definition) is 4. The minimum absolute atomic E-state index is 0.599. The number of nitrogens with one attached hydrogen (secondary N) is 1. The zero-order chi connectivity index (χ0) is 12.3. The number of aryl methyl sites for hydroxylation is 1. The molecule has 5 heteroatoms. The lowest BCUT2D eigenvalue weighted by atomic mass is 10.2. The Morgan fingerprint density at radius 3 is 2.94 bits per heavy atom. The summed E-state index contributed by atoms with van der Waals surface area (Å²) < 4.78 is 1.82. The number of aromatic nitrogens is 3. The third-order valence-corrected chi connectivity index (χ3v) is 2.75. The van der Waals surface area contributed by atoms with Crippen LogP contribution in [-0.2, 0) is 13.6 Å². The average Bonchev–Trinajstić information content (AvgIpc) is 2.68. The van der Waals surface area contributed by atoms with E-state index < -0.39 is 0 Å². The van der Waals surface area contributed by atoms with Crippen molar-refractivity contribution in [2.45, 2.75) is 13.5 Å². The summed E-state index contributed by atoms with van der Waals surface area (Å²) in [6, 6.07) is 3.82. The van der Waals surface area contributed by atoms with Crippen molar-refractivity contribution in [3.05, 3.63) is 41.5 Å². The van der Waals surface area contributed by atoms with Gasteiger partial charge in [-0.1, -0.05) is 0 Å². The summed E-state index contributed by atoms with van der Waals surface area (Å²) >= 11 is 0. The Morgan fingerprint density at radius 2 is 2.29 bits per heavy atom. The molecule has 2 aromatic heterocycles. The van der Waals surface area contributed by atoms with Gasteiger partial charge in [-0.05, 0) is 13.0 Å². The van der Waals surface area contributed by atoms with Crippen LogP contribution in [0.15, 0.2) is 24.7 Å². The van der Waals surface area contributed by atoms with E-state index in [0.717, 1.165) is 16.9 Å². The molecule has 5 nitrogen and oxygen atoms in total. The van der Waals surface area contributed by atoms with Crippen molar-refractivity contribution in [2.75, 3.05) is 5.32 Å². The first-order chi connectivity index (χ1) is 8.22. The Morgan fingerprint density at radius 1 is 1.47 bits per heavy atom. The van der Waals surface area contributed by atoms with Crippen molar-refractivity contribution in [2.24, 2.45) is 7.05 Å². The summed E-state index contributed by atoms with van der Waals surface area (Å²) in [7, 11) is 1.91. The molecule has 2 rings (SSSR count). The number of hydrogen-bond donors (Lipinski definition) is 1. The monoisotopic (exact) mass is 227 g/mol. The third-order valence-electron chi connectivity index (χ3n) is 2.75. The standard InChI is InChI=1S/C12H13N5/c1-9-11(7-16-17(9)2)6-15-12-8-14-4-3-10(12)5-13/h3-4,7-8,15H,6H2,1-2H3. The van der Waals surface area contributed by atoms with Gasteiger partial charge in [0, 0.05) is 31.0 Å². The van der Waals surface area contributed by atoms with Crippen LogP contribution in [0.1, 0.15) is 16.8 Å². The normalized spacial score (nSPS) is 9.94. The van der Waals surface area contributed by atoms with E-state index in [4.69, 9.17) is 5.26 Å². The van der Waals surface area contributed by atoms with Gasteiger partial charge in [-0.2, -0.15) is 10.4 Å². The van der Waals surface area contributed by atoms with E-state index in [1.807, 2.05) is 24.9 Å². The molecule has 0 aliphatic rings. The van der Waals surface area contributed by atoms with Crippen molar-refractivity contribution in [1.29, 1.82) is 5.26 Å². The van der Waals surface area contributed by atoms with E-state index in [0.29, 0.717) is 12.1 Å². The molecule has 0 aromatic carbocycles. The molecule has 86 valence electrons. The SMILES string of the molecule is Cc1c(CNc2cnccc2C#N)cnn1C. The fraction of sp³-hybridized carbons (Fsp3) is 0.250. The Kier molecular flexibility index (Phi) is 3.06. The van der Waals surface area contributed by atoms with Crippen molar-refractivity contribution >= 4 is 5.69 Å². The quantitative estimate of drug-likeness (QED) is 0.865. The van der Waals surface area contributed by atoms with Crippen LogP contribution >= 0.6 is 0 Å². The van der Waals surface area contributed by atoms with Gasteiger partial charge in [0.15, 0.2) is 0 Å². The molecule has 17 heavy (non-hydrogen) atoms. The fourth-order valence-corrected chi connectivity index (χ4v) is 1.54. The highest BCUT2D eigenvalue weighted by molar-refractivity contribution is 5.55. The van der Waals surface area contributed by atoms with Gasteiger partial charge >= 0.3 is 0 Å². The summed E-state index contributed by atoms with van der Waals surface area (Å²) in [5, 5.41) is 16.3. The van der Waals surface area contributed by atoms with E-state index in [2.05, 4.69) is 21.5 Å². The first-order valence-corrected chi connectivity index (χ1v) is 5.28. The average molecular weight is 227 g/mol. The summed E-state index contributed by atoms with van der Waals surface area (Å²) in [6.45, 7) is 2.65. The van der Waals surface area contributed by atoms with Gasteiger partial charge in [0.1, 0.15) is 6.07 Å². The molecule has 0 aliphatic heterocycles. The van der Waals surface area contributed by atoms with Gasteiger partial charge in [0.2, 0.25) is 0 Å². The predicted octanol–water partition coefficient (Wildman–Crippen LogP) is 1.61. The van der Waals surface area contributed by atoms with Crippen molar-refractivity contribution in [1.82, 2.24) is 14.8 Å². The molecule has 0 bridgehead atoms. The largest absolute Gasteiger partial charge is 0.379 e. The van der Waals surface area contributed by atoms with Crippen molar-refractivity contribution in [3.63, 3.8) is 0 Å². The lowest BCUT2D eigenvalue weighted by molar-refractivity contribution is 0.738. The molecule has 0 saturated heterocycles. The second-order valence-corrected chi connectivity index (χ2v) is 3.77. The van der Waals surface area contributed by atoms with Crippen LogP contribution in [0, 0.1) is 18.3 Å². The fourth-order valence-electron chi connectivity index (χ4n) is 1.54. The highest BCUT2D eigenvalue weighted by atomic mass is 15.3. The van der Waals surface area contributed by atoms with Crippen LogP contribution in [0.4, 0.5) is 5.69 Å². The Labute approximate surface area is 99.7 Å². The van der Waals surface area contributed by atoms with Crippen LogP contribution in [0.3, 0.4) is 0 Å². The molecule has 1 N–H and O–H groups in total. The Balaban J connectivity index is 2.13. The van der Waals surface area contributed by atoms with E-state index in [-0.39, 0.29) is 0 Å². The predicted molar refractivity (Wildman–Crippen MR) is 64.2 cm³/mol. The summed E-state index contributed by atoms with van der Waals surface area (Å²) in [5.74, 6) is 0. The molecule has 0 saturated carbocycles. The molecule has 0 atom stereocenters. The topological polar surface area (TPSA) is 66.5 Å². The first kappa shape index (κ1) is 11.1. The molecule has 0 radical (unpaired) electrons. The summed E-state index contributed by atoms with van der Waals surface area (Å²) in [5.41, 5.74) is 3.57. The minimum atomic E-state index is 0.599. The lowest BCUT2D eigenvalue weighted by Gasteiger charge is -2.06. The maximum atomic E-state index is 8.94. The zero-order valence-electron chi connectivity index (χ0n) is 9.81. The van der Waals surface area contributed by atoms with Gasteiger partial charge in [-0.25, -0.2) is 0 Å². The molecule has 0 fully saturated rings. The van der Waals surface area contributed by atoms with Gasteiger partial charge in [0.05, 0.1) is 23.6 Å². The lowest BCUT2D eigenvalue weighted by Crippen LogP contribution is -2.03. The number of nitrogens with zero attached hydrogens (tertiary/aromatic N) is 4. The van der Waals surface area contributed by atoms with Crippen LogP contribution in [0.25, 0.3) is 0 Å². The van der Waals surface area contributed by atoms with E-state index in [1.165, 1.54) is 0 Å². The second kappa shape index (κ2) is 4.66. The maximum Gasteiger partial charge on any atom is 0.101 e. The Hall–Kier alpha value is -2.35. The molecular weight excluding hydrogens is 214 g/mol. The second-order valence-electron chi connectivity index (χ2n) is 3.77. The van der Waals surface area contributed by atoms with Crippen LogP contribution in [0.5, 0.6) is 0 Å². The van der Waals surface area contributed by atoms with Crippen LogP contribution < -0.4 is 5.32 Å². The highest BCUT2D eigenvalue weighted by Gasteiger charge is 2.05. The number of rotatable bonds is 3. The molecule has 0 aliphatic carbocycles. The van der Waals surface area contributed by atoms with Gasteiger partial charge < -0.3 is 5.32 Å². The maximum absolute atomic E-state index is 8.94. The molecule has 0 unspecified atom stereocenters.